The van der Waals surface area contributed by atoms with Crippen LogP contribution >= 0.6 is 11.6 Å². The summed E-state index contributed by atoms with van der Waals surface area (Å²) in [7, 11) is 3.35. The van der Waals surface area contributed by atoms with E-state index in [9.17, 15) is 4.79 Å². The van der Waals surface area contributed by atoms with Crippen molar-refractivity contribution in [2.75, 3.05) is 24.8 Å². The Bertz CT molecular complexity index is 1150. The number of carbonyl (C=O) groups excluding carboxylic acids is 1. The third kappa shape index (κ3) is 3.93. The van der Waals surface area contributed by atoms with Gasteiger partial charge in [0.05, 0.1) is 23.9 Å². The molecule has 1 saturated carbocycles. The topological polar surface area (TPSA) is 89.0 Å². The first-order chi connectivity index (χ1) is 14.1. The molecule has 3 aromatic rings. The summed E-state index contributed by atoms with van der Waals surface area (Å²) in [6, 6.07) is 3.56. The van der Waals surface area contributed by atoms with Gasteiger partial charge in [0.1, 0.15) is 17.3 Å². The van der Waals surface area contributed by atoms with Crippen molar-refractivity contribution in [1.29, 1.82) is 0 Å². The number of fused-ring (bicyclic) bond motifs is 1. The summed E-state index contributed by atoms with van der Waals surface area (Å²) in [6.45, 7) is 0. The van der Waals surface area contributed by atoms with Crippen LogP contribution in [0.2, 0.25) is 5.02 Å². The van der Waals surface area contributed by atoms with Gasteiger partial charge in [-0.05, 0) is 30.9 Å². The van der Waals surface area contributed by atoms with Crippen LogP contribution in [0.1, 0.15) is 24.1 Å². The third-order valence-corrected chi connectivity index (χ3v) is 4.96. The van der Waals surface area contributed by atoms with Crippen LogP contribution in [0, 0.1) is 17.8 Å². The Hall–Kier alpha value is -3.37. The second kappa shape index (κ2) is 7.94. The first-order valence-electron chi connectivity index (χ1n) is 9.08. The van der Waals surface area contributed by atoms with Gasteiger partial charge >= 0.3 is 0 Å². The van der Waals surface area contributed by atoms with E-state index in [1.54, 1.807) is 44.9 Å². The molecule has 2 N–H and O–H groups in total. The molecule has 4 rings (SSSR count). The van der Waals surface area contributed by atoms with E-state index >= 15 is 0 Å². The molecule has 3 heterocycles. The lowest BCUT2D eigenvalue weighted by Gasteiger charge is -2.12. The zero-order valence-electron chi connectivity index (χ0n) is 15.9. The molecule has 0 radical (unpaired) electrons. The maximum Gasteiger partial charge on any atom is 0.228 e. The molecule has 0 bridgehead atoms. The number of nitrogens with one attached hydrogen (secondary N) is 2. The van der Waals surface area contributed by atoms with Crippen LogP contribution in [0.5, 0.6) is 5.75 Å². The number of nitrogens with zero attached hydrogens (tertiary/aromatic N) is 3. The Labute approximate surface area is 172 Å². The predicted molar refractivity (Wildman–Crippen MR) is 112 cm³/mol. The highest BCUT2D eigenvalue weighted by Gasteiger charge is 2.30. The predicted octanol–water partition coefficient (Wildman–Crippen LogP) is 3.48. The summed E-state index contributed by atoms with van der Waals surface area (Å²) < 4.78 is 5.11. The number of hydrogen-bond donors (Lipinski definition) is 2. The lowest BCUT2D eigenvalue weighted by molar-refractivity contribution is -0.117. The Balaban J connectivity index is 1.78. The Kier molecular flexibility index (Phi) is 5.19. The van der Waals surface area contributed by atoms with Gasteiger partial charge in [-0.1, -0.05) is 17.5 Å². The summed E-state index contributed by atoms with van der Waals surface area (Å²) in [5.74, 6) is 7.70. The lowest BCUT2D eigenvalue weighted by Crippen LogP contribution is -2.15. The smallest absolute Gasteiger partial charge is 0.228 e. The molecule has 3 aromatic heterocycles. The summed E-state index contributed by atoms with van der Waals surface area (Å²) in [5, 5.41) is 7.57. The van der Waals surface area contributed by atoms with E-state index in [2.05, 4.69) is 37.4 Å². The maximum atomic E-state index is 12.2. The normalized spacial score (nSPS) is 12.8. The van der Waals surface area contributed by atoms with Gasteiger partial charge < -0.3 is 15.4 Å². The highest BCUT2D eigenvalue weighted by molar-refractivity contribution is 6.39. The monoisotopic (exact) mass is 407 g/mol. The third-order valence-electron chi connectivity index (χ3n) is 4.59. The molecule has 7 nitrogen and oxygen atoms in total. The Morgan fingerprint density at radius 3 is 2.59 bits per heavy atom. The Morgan fingerprint density at radius 1 is 1.14 bits per heavy atom. The number of amides is 1. The first kappa shape index (κ1) is 19.0. The molecule has 0 unspecified atom stereocenters. The number of aromatic nitrogens is 3. The largest absolute Gasteiger partial charge is 0.495 e. The van der Waals surface area contributed by atoms with Crippen LogP contribution in [-0.4, -0.2) is 35.0 Å². The summed E-state index contributed by atoms with van der Waals surface area (Å²) in [4.78, 5) is 25.1. The summed E-state index contributed by atoms with van der Waals surface area (Å²) >= 11 is 6.63. The molecule has 29 heavy (non-hydrogen) atoms. The van der Waals surface area contributed by atoms with Crippen LogP contribution in [0.4, 0.5) is 11.6 Å². The van der Waals surface area contributed by atoms with Crippen LogP contribution in [0.3, 0.4) is 0 Å². The van der Waals surface area contributed by atoms with Crippen molar-refractivity contribution in [2.24, 2.45) is 5.92 Å². The minimum absolute atomic E-state index is 0.0503. The SMILES string of the molecule is CNc1ncc(C#Cc2ccc(OC)cn2)c2c(Cl)c(NC(=O)C3CC3)ncc12. The van der Waals surface area contributed by atoms with Gasteiger partial charge in [-0.15, -0.1) is 0 Å². The van der Waals surface area contributed by atoms with Crippen molar-refractivity contribution in [3.05, 3.63) is 47.0 Å². The fourth-order valence-corrected chi connectivity index (χ4v) is 3.14. The molecule has 0 saturated heterocycles. The van der Waals surface area contributed by atoms with E-state index in [4.69, 9.17) is 16.3 Å². The van der Waals surface area contributed by atoms with E-state index in [-0.39, 0.29) is 11.8 Å². The molecule has 0 aromatic carbocycles. The van der Waals surface area contributed by atoms with Gasteiger partial charge in [0.2, 0.25) is 5.91 Å². The maximum absolute atomic E-state index is 12.2. The van der Waals surface area contributed by atoms with E-state index in [1.807, 2.05) is 0 Å². The van der Waals surface area contributed by atoms with E-state index in [1.165, 1.54) is 0 Å². The molecule has 0 atom stereocenters. The van der Waals surface area contributed by atoms with Crippen molar-refractivity contribution in [3.63, 3.8) is 0 Å². The molecule has 0 aliphatic heterocycles. The lowest BCUT2D eigenvalue weighted by atomic mass is 10.1. The average Bonchev–Trinajstić information content (AvgIpc) is 3.59. The fourth-order valence-electron chi connectivity index (χ4n) is 2.84. The van der Waals surface area contributed by atoms with Gasteiger partial charge in [0.25, 0.3) is 0 Å². The average molecular weight is 408 g/mol. The molecule has 146 valence electrons. The van der Waals surface area contributed by atoms with Crippen LogP contribution in [-0.2, 0) is 4.79 Å². The zero-order valence-corrected chi connectivity index (χ0v) is 16.7. The minimum Gasteiger partial charge on any atom is -0.495 e. The van der Waals surface area contributed by atoms with Crippen molar-refractivity contribution in [3.8, 4) is 17.6 Å². The number of methoxy groups -OCH3 is 1. The number of carbonyl (C=O) groups is 1. The summed E-state index contributed by atoms with van der Waals surface area (Å²) in [6.07, 6.45) is 6.68. The molecule has 1 fully saturated rings. The Morgan fingerprint density at radius 2 is 1.93 bits per heavy atom. The van der Waals surface area contributed by atoms with Crippen molar-refractivity contribution >= 4 is 39.9 Å². The molecular weight excluding hydrogens is 390 g/mol. The van der Waals surface area contributed by atoms with Gasteiger partial charge in [0.15, 0.2) is 5.82 Å². The van der Waals surface area contributed by atoms with Crippen LogP contribution in [0.25, 0.3) is 10.8 Å². The van der Waals surface area contributed by atoms with Crippen LogP contribution < -0.4 is 15.4 Å². The molecule has 1 aliphatic rings. The zero-order chi connectivity index (χ0) is 20.4. The van der Waals surface area contributed by atoms with Crippen molar-refractivity contribution in [2.45, 2.75) is 12.8 Å². The van der Waals surface area contributed by atoms with Gasteiger partial charge in [-0.3, -0.25) is 4.79 Å². The summed E-state index contributed by atoms with van der Waals surface area (Å²) in [5.41, 5.74) is 1.20. The second-order valence-electron chi connectivity index (χ2n) is 6.58. The van der Waals surface area contributed by atoms with Crippen molar-refractivity contribution in [1.82, 2.24) is 15.0 Å². The standard InChI is InChI=1S/C21H18ClN5O2/c1-23-19-16-11-26-20(27-21(28)12-3-4-12)18(22)17(16)13(9-25-19)5-6-14-7-8-15(29-2)10-24-14/h7-12H,3-4H2,1-2H3,(H,23,25)(H,26,27,28). The molecule has 1 amide bonds. The number of ether oxygens (including phenoxy) is 1. The van der Waals surface area contributed by atoms with Gasteiger partial charge in [-0.25, -0.2) is 15.0 Å². The second-order valence-corrected chi connectivity index (χ2v) is 6.95. The van der Waals surface area contributed by atoms with E-state index in [0.717, 1.165) is 18.2 Å². The molecular formula is C21H18ClN5O2. The molecule has 1 aliphatic carbocycles. The number of rotatable bonds is 4. The number of hydrogen-bond acceptors (Lipinski definition) is 6. The number of anilines is 2. The van der Waals surface area contributed by atoms with Crippen LogP contribution in [0.15, 0.2) is 30.7 Å². The highest BCUT2D eigenvalue weighted by atomic mass is 35.5. The molecule has 0 spiro atoms. The van der Waals surface area contributed by atoms with E-state index in [0.29, 0.717) is 39.1 Å². The fraction of sp³-hybridized carbons (Fsp3) is 0.238. The van der Waals surface area contributed by atoms with E-state index < -0.39 is 0 Å². The first-order valence-corrected chi connectivity index (χ1v) is 9.46. The minimum atomic E-state index is -0.0586. The number of pyridine rings is 3. The van der Waals surface area contributed by atoms with Crippen molar-refractivity contribution < 1.29 is 9.53 Å². The number of halogens is 1. The van der Waals surface area contributed by atoms with Gasteiger partial charge in [0, 0.05) is 36.1 Å². The van der Waals surface area contributed by atoms with Gasteiger partial charge in [-0.2, -0.15) is 0 Å². The highest BCUT2D eigenvalue weighted by Crippen LogP contribution is 2.36. The quantitative estimate of drug-likeness (QED) is 0.644. The molecule has 8 heteroatoms.